The molecule has 0 spiro atoms. The van der Waals surface area contributed by atoms with Gasteiger partial charge in [-0.1, -0.05) is 0 Å². The molecule has 0 saturated carbocycles. The highest BCUT2D eigenvalue weighted by molar-refractivity contribution is 7.54. The molecule has 1 atom stereocenters. The summed E-state index contributed by atoms with van der Waals surface area (Å²) in [6.45, 7) is 1.85. The highest BCUT2D eigenvalue weighted by Gasteiger charge is 2.26. The fourth-order valence-electron chi connectivity index (χ4n) is 2.28. The predicted octanol–water partition coefficient (Wildman–Crippen LogP) is 1.84. The average molecular weight is 337 g/mol. The summed E-state index contributed by atoms with van der Waals surface area (Å²) in [6, 6.07) is 0. The normalized spacial score (nSPS) is 18.6. The minimum atomic E-state index is -3.29. The lowest BCUT2D eigenvalue weighted by Crippen LogP contribution is -2.26. The number of nitrogens with zero attached hydrogens (tertiary/aromatic N) is 1. The summed E-state index contributed by atoms with van der Waals surface area (Å²) in [6.07, 6.45) is 0.642. The molecule has 128 valence electrons. The van der Waals surface area contributed by atoms with E-state index in [1.54, 1.807) is 0 Å². The van der Waals surface area contributed by atoms with Crippen LogP contribution in [0.5, 0.6) is 0 Å². The van der Waals surface area contributed by atoms with Gasteiger partial charge in [-0.3, -0.25) is 9.36 Å². The lowest BCUT2D eigenvalue weighted by Gasteiger charge is -2.13. The van der Waals surface area contributed by atoms with Gasteiger partial charge in [0.15, 0.2) is 0 Å². The summed E-state index contributed by atoms with van der Waals surface area (Å²) in [5, 5.41) is 8.85. The Kier molecular flexibility index (Phi) is 8.03. The Bertz CT molecular complexity index is 421. The largest absolute Gasteiger partial charge is 0.465 e. The van der Waals surface area contributed by atoms with Crippen LogP contribution in [0.4, 0.5) is 4.79 Å². The van der Waals surface area contributed by atoms with E-state index < -0.39 is 13.7 Å². The van der Waals surface area contributed by atoms with Gasteiger partial charge in [0.1, 0.15) is 11.9 Å². The molecular formula is C13H24NO7P. The minimum Gasteiger partial charge on any atom is -0.465 e. The van der Waals surface area contributed by atoms with Crippen molar-refractivity contribution in [1.29, 1.82) is 0 Å². The van der Waals surface area contributed by atoms with Gasteiger partial charge in [-0.2, -0.15) is 0 Å². The Hall–Kier alpha value is -0.950. The number of amides is 1. The van der Waals surface area contributed by atoms with Crippen molar-refractivity contribution in [2.24, 2.45) is 5.92 Å². The van der Waals surface area contributed by atoms with Crippen molar-refractivity contribution in [2.45, 2.75) is 19.3 Å². The van der Waals surface area contributed by atoms with Gasteiger partial charge in [-0.25, -0.2) is 4.79 Å². The zero-order chi connectivity index (χ0) is 16.6. The van der Waals surface area contributed by atoms with Gasteiger partial charge in [0, 0.05) is 40.3 Å². The summed E-state index contributed by atoms with van der Waals surface area (Å²) in [4.78, 5) is 23.8. The first-order chi connectivity index (χ1) is 10.4. The second-order valence-corrected chi connectivity index (χ2v) is 7.48. The van der Waals surface area contributed by atoms with Crippen LogP contribution in [-0.4, -0.2) is 68.6 Å². The Morgan fingerprint density at radius 2 is 1.95 bits per heavy atom. The maximum atomic E-state index is 11.8. The molecule has 0 aromatic carbocycles. The van der Waals surface area contributed by atoms with E-state index in [0.717, 1.165) is 12.8 Å². The van der Waals surface area contributed by atoms with Crippen molar-refractivity contribution in [1.82, 2.24) is 4.90 Å². The van der Waals surface area contributed by atoms with Crippen LogP contribution in [0.2, 0.25) is 0 Å². The number of ketones is 1. The molecule has 8 nitrogen and oxygen atoms in total. The first-order valence-corrected chi connectivity index (χ1v) is 8.91. The zero-order valence-corrected chi connectivity index (χ0v) is 13.9. The number of Topliss-reactive ketones (excluding diaryl/α,β-unsaturated/α-hetero) is 1. The first kappa shape index (κ1) is 19.1. The van der Waals surface area contributed by atoms with E-state index in [-0.39, 0.29) is 25.0 Å². The Labute approximate surface area is 130 Å². The van der Waals surface area contributed by atoms with Crippen molar-refractivity contribution in [2.75, 3.05) is 46.7 Å². The minimum absolute atomic E-state index is 0.155. The van der Waals surface area contributed by atoms with E-state index in [1.807, 2.05) is 0 Å². The number of carbonyl (C=O) groups is 2. The third-order valence-corrected chi connectivity index (χ3v) is 5.53. The van der Waals surface area contributed by atoms with Gasteiger partial charge < -0.3 is 23.8 Å². The van der Waals surface area contributed by atoms with Crippen molar-refractivity contribution in [3.63, 3.8) is 0 Å². The van der Waals surface area contributed by atoms with Gasteiger partial charge in [0.25, 0.3) is 0 Å². The van der Waals surface area contributed by atoms with Crippen molar-refractivity contribution >= 4 is 19.5 Å². The number of carboxylic acid groups (broad SMARTS) is 1. The molecule has 1 amide bonds. The number of likely N-dealkylation sites (tertiary alicyclic amines) is 1. The molecule has 0 radical (unpaired) electrons. The van der Waals surface area contributed by atoms with Crippen LogP contribution < -0.4 is 0 Å². The van der Waals surface area contributed by atoms with Crippen LogP contribution in [0.15, 0.2) is 0 Å². The Morgan fingerprint density at radius 3 is 2.50 bits per heavy atom. The van der Waals surface area contributed by atoms with E-state index >= 15 is 0 Å². The van der Waals surface area contributed by atoms with Crippen LogP contribution >= 0.6 is 7.60 Å². The van der Waals surface area contributed by atoms with Gasteiger partial charge in [0.05, 0.1) is 6.61 Å². The summed E-state index contributed by atoms with van der Waals surface area (Å²) in [7, 11) is -0.800. The molecule has 1 heterocycles. The smallest absolute Gasteiger partial charge is 0.407 e. The summed E-state index contributed by atoms with van der Waals surface area (Å²) >= 11 is 0. The van der Waals surface area contributed by atoms with Gasteiger partial charge in [0.2, 0.25) is 0 Å². The molecule has 0 aromatic heterocycles. The second kappa shape index (κ2) is 9.25. The van der Waals surface area contributed by atoms with Gasteiger partial charge >= 0.3 is 13.7 Å². The number of rotatable bonds is 10. The molecule has 1 aliphatic rings. The molecule has 1 fully saturated rings. The molecule has 0 aromatic rings. The van der Waals surface area contributed by atoms with E-state index in [2.05, 4.69) is 0 Å². The average Bonchev–Trinajstić information content (AvgIpc) is 2.96. The number of ether oxygens (including phenoxy) is 1. The predicted molar refractivity (Wildman–Crippen MR) is 79.3 cm³/mol. The number of hydrogen-bond acceptors (Lipinski definition) is 6. The molecule has 0 unspecified atom stereocenters. The van der Waals surface area contributed by atoms with Gasteiger partial charge in [-0.05, 0) is 18.8 Å². The number of hydrogen-bond donors (Lipinski definition) is 1. The van der Waals surface area contributed by atoms with E-state index in [9.17, 15) is 14.2 Å². The Balaban J connectivity index is 2.10. The maximum absolute atomic E-state index is 11.8. The van der Waals surface area contributed by atoms with Crippen LogP contribution in [0, 0.1) is 5.92 Å². The lowest BCUT2D eigenvalue weighted by atomic mass is 10.1. The molecule has 22 heavy (non-hydrogen) atoms. The standard InChI is InChI=1S/C13H24NO7P/c1-19-22(18,20-2)10-12(15)5-8-21-7-4-11-3-6-14(9-11)13(16)17/h11H,3-10H2,1-2H3,(H,16,17)/t11-/m0/s1. The van der Waals surface area contributed by atoms with Crippen molar-refractivity contribution in [3.8, 4) is 0 Å². The zero-order valence-electron chi connectivity index (χ0n) is 13.0. The summed E-state index contributed by atoms with van der Waals surface area (Å²) in [5.74, 6) is 0.0824. The first-order valence-electron chi connectivity index (χ1n) is 7.18. The van der Waals surface area contributed by atoms with Gasteiger partial charge in [-0.15, -0.1) is 0 Å². The van der Waals surface area contributed by atoms with Crippen LogP contribution in [0.3, 0.4) is 0 Å². The SMILES string of the molecule is COP(=O)(CC(=O)CCOCC[C@@H]1CCN(C(=O)O)C1)OC. The van der Waals surface area contributed by atoms with Crippen molar-refractivity contribution in [3.05, 3.63) is 0 Å². The van der Waals surface area contributed by atoms with Crippen molar-refractivity contribution < 1.29 is 33.0 Å². The lowest BCUT2D eigenvalue weighted by molar-refractivity contribution is -0.118. The topological polar surface area (TPSA) is 102 Å². The molecule has 1 aliphatic heterocycles. The molecular weight excluding hydrogens is 313 g/mol. The van der Waals surface area contributed by atoms with E-state index in [1.165, 1.54) is 19.1 Å². The van der Waals surface area contributed by atoms with Crippen LogP contribution in [0.1, 0.15) is 19.3 Å². The van der Waals surface area contributed by atoms with Crippen LogP contribution in [-0.2, 0) is 23.1 Å². The molecule has 9 heteroatoms. The van der Waals surface area contributed by atoms with E-state index in [4.69, 9.17) is 18.9 Å². The molecule has 0 aliphatic carbocycles. The number of carbonyl (C=O) groups excluding carboxylic acids is 1. The third kappa shape index (κ3) is 6.44. The maximum Gasteiger partial charge on any atom is 0.407 e. The molecule has 1 rings (SSSR count). The fourth-order valence-corrected chi connectivity index (χ4v) is 3.28. The molecule has 1 saturated heterocycles. The highest BCUT2D eigenvalue weighted by atomic mass is 31.2. The second-order valence-electron chi connectivity index (χ2n) is 5.21. The highest BCUT2D eigenvalue weighted by Crippen LogP contribution is 2.46. The third-order valence-electron chi connectivity index (χ3n) is 3.68. The Morgan fingerprint density at radius 1 is 1.27 bits per heavy atom. The summed E-state index contributed by atoms with van der Waals surface area (Å²) < 4.78 is 26.5. The fraction of sp³-hybridized carbons (Fsp3) is 0.846. The summed E-state index contributed by atoms with van der Waals surface area (Å²) in [5.41, 5.74) is 0. The van der Waals surface area contributed by atoms with E-state index in [0.29, 0.717) is 25.6 Å². The molecule has 1 N–H and O–H groups in total. The van der Waals surface area contributed by atoms with Crippen LogP contribution in [0.25, 0.3) is 0 Å². The monoisotopic (exact) mass is 337 g/mol. The molecule has 0 bridgehead atoms. The quantitative estimate of drug-likeness (QED) is 0.479.